The van der Waals surface area contributed by atoms with Crippen LogP contribution in [0.5, 0.6) is 0 Å². The molecule has 0 saturated heterocycles. The van der Waals surface area contributed by atoms with Gasteiger partial charge in [-0.2, -0.15) is 0 Å². The molecular formula is C21H18ClNO4S. The zero-order valence-corrected chi connectivity index (χ0v) is 16.7. The van der Waals surface area contributed by atoms with Gasteiger partial charge in [-0.15, -0.1) is 11.3 Å². The number of Topliss-reactive ketones (excluding diaryl/α,β-unsaturated/α-hetero) is 1. The van der Waals surface area contributed by atoms with Crippen LogP contribution in [0, 0.1) is 0 Å². The Balaban J connectivity index is 1.59. The fourth-order valence-electron chi connectivity index (χ4n) is 2.72. The van der Waals surface area contributed by atoms with Crippen molar-refractivity contribution in [3.05, 3.63) is 70.1 Å². The maximum atomic E-state index is 12.3. The first kappa shape index (κ1) is 20.0. The Labute approximate surface area is 171 Å². The standard InChI is InChI=1S/C21H18ClNO4S/c1-13(24)16(11-14-7-3-2-4-8-14)23-18(25)12-27-21(26)20-19(22)15-9-5-6-10-17(15)28-20/h2-10,16H,11-12H2,1H3,(H,23,25)/t16-/m0/s1. The quantitative estimate of drug-likeness (QED) is 0.591. The van der Waals surface area contributed by atoms with Crippen LogP contribution >= 0.6 is 22.9 Å². The molecule has 0 aliphatic carbocycles. The number of ether oxygens (including phenoxy) is 1. The third-order valence-corrected chi connectivity index (χ3v) is 5.82. The van der Waals surface area contributed by atoms with E-state index in [9.17, 15) is 14.4 Å². The predicted molar refractivity (Wildman–Crippen MR) is 110 cm³/mol. The molecule has 1 atom stereocenters. The van der Waals surface area contributed by atoms with Gasteiger partial charge < -0.3 is 10.1 Å². The first-order valence-electron chi connectivity index (χ1n) is 8.63. The number of esters is 1. The lowest BCUT2D eigenvalue weighted by Crippen LogP contribution is -2.43. The molecule has 0 fully saturated rings. The van der Waals surface area contributed by atoms with Crippen molar-refractivity contribution in [2.24, 2.45) is 0 Å². The molecule has 1 heterocycles. The van der Waals surface area contributed by atoms with Crippen molar-refractivity contribution in [1.29, 1.82) is 0 Å². The highest BCUT2D eigenvalue weighted by Crippen LogP contribution is 2.35. The Morgan fingerprint density at radius 2 is 1.75 bits per heavy atom. The zero-order valence-electron chi connectivity index (χ0n) is 15.1. The van der Waals surface area contributed by atoms with Crippen molar-refractivity contribution in [3.8, 4) is 0 Å². The number of amides is 1. The first-order valence-corrected chi connectivity index (χ1v) is 9.83. The summed E-state index contributed by atoms with van der Waals surface area (Å²) in [4.78, 5) is 36.6. The number of benzene rings is 2. The minimum absolute atomic E-state index is 0.170. The van der Waals surface area contributed by atoms with Gasteiger partial charge in [0.05, 0.1) is 11.1 Å². The third-order valence-electron chi connectivity index (χ3n) is 4.16. The molecule has 0 unspecified atom stereocenters. The number of hydrogen-bond donors (Lipinski definition) is 1. The summed E-state index contributed by atoms with van der Waals surface area (Å²) in [5.74, 6) is -1.37. The smallest absolute Gasteiger partial charge is 0.350 e. The van der Waals surface area contributed by atoms with Crippen LogP contribution in [-0.2, 0) is 20.7 Å². The van der Waals surface area contributed by atoms with Crippen molar-refractivity contribution in [2.75, 3.05) is 6.61 Å². The lowest BCUT2D eigenvalue weighted by Gasteiger charge is -2.16. The number of nitrogens with one attached hydrogen (secondary N) is 1. The molecule has 3 rings (SSSR count). The number of carbonyl (C=O) groups excluding carboxylic acids is 3. The highest BCUT2D eigenvalue weighted by atomic mass is 35.5. The molecule has 1 amide bonds. The lowest BCUT2D eigenvalue weighted by atomic mass is 10.0. The van der Waals surface area contributed by atoms with Gasteiger partial charge in [0.2, 0.25) is 0 Å². The van der Waals surface area contributed by atoms with Crippen LogP contribution < -0.4 is 5.32 Å². The fraction of sp³-hybridized carbons (Fsp3) is 0.190. The van der Waals surface area contributed by atoms with E-state index in [1.807, 2.05) is 54.6 Å². The summed E-state index contributed by atoms with van der Waals surface area (Å²) in [5, 5.41) is 3.70. The number of halogens is 1. The summed E-state index contributed by atoms with van der Waals surface area (Å²) < 4.78 is 5.96. The molecule has 28 heavy (non-hydrogen) atoms. The molecule has 1 N–H and O–H groups in total. The Kier molecular flexibility index (Phi) is 6.44. The summed E-state index contributed by atoms with van der Waals surface area (Å²) >= 11 is 7.46. The van der Waals surface area contributed by atoms with E-state index < -0.39 is 24.5 Å². The first-order chi connectivity index (χ1) is 13.5. The summed E-state index contributed by atoms with van der Waals surface area (Å²) in [7, 11) is 0. The van der Waals surface area contributed by atoms with Crippen molar-refractivity contribution >= 4 is 50.7 Å². The van der Waals surface area contributed by atoms with Gasteiger partial charge in [-0.25, -0.2) is 4.79 Å². The molecular weight excluding hydrogens is 398 g/mol. The van der Waals surface area contributed by atoms with Crippen LogP contribution in [0.3, 0.4) is 0 Å². The van der Waals surface area contributed by atoms with Gasteiger partial charge in [-0.3, -0.25) is 9.59 Å². The second kappa shape index (κ2) is 8.99. The van der Waals surface area contributed by atoms with E-state index in [1.165, 1.54) is 18.3 Å². The Morgan fingerprint density at radius 3 is 2.43 bits per heavy atom. The highest BCUT2D eigenvalue weighted by Gasteiger charge is 2.21. The molecule has 0 aliphatic heterocycles. The van der Waals surface area contributed by atoms with Gasteiger partial charge in [0, 0.05) is 10.1 Å². The topological polar surface area (TPSA) is 72.5 Å². The minimum Gasteiger partial charge on any atom is -0.451 e. The van der Waals surface area contributed by atoms with E-state index in [2.05, 4.69) is 5.32 Å². The maximum absolute atomic E-state index is 12.3. The van der Waals surface area contributed by atoms with Crippen LogP contribution in [0.15, 0.2) is 54.6 Å². The Morgan fingerprint density at radius 1 is 1.07 bits per heavy atom. The number of rotatable bonds is 7. The molecule has 3 aromatic rings. The van der Waals surface area contributed by atoms with Gasteiger partial charge in [0.1, 0.15) is 4.88 Å². The monoisotopic (exact) mass is 415 g/mol. The van der Waals surface area contributed by atoms with Crippen LogP contribution in [0.4, 0.5) is 0 Å². The third kappa shape index (κ3) is 4.77. The minimum atomic E-state index is -0.679. The summed E-state index contributed by atoms with van der Waals surface area (Å²) in [6.07, 6.45) is 0.373. The van der Waals surface area contributed by atoms with E-state index in [4.69, 9.17) is 16.3 Å². The van der Waals surface area contributed by atoms with Gasteiger partial charge in [-0.1, -0.05) is 60.1 Å². The number of ketones is 1. The Bertz CT molecular complexity index is 1020. The van der Waals surface area contributed by atoms with Crippen LogP contribution in [0.2, 0.25) is 5.02 Å². The predicted octanol–water partition coefficient (Wildman–Crippen LogP) is 4.03. The lowest BCUT2D eigenvalue weighted by molar-refractivity contribution is -0.128. The van der Waals surface area contributed by atoms with Gasteiger partial charge in [0.15, 0.2) is 12.4 Å². The van der Waals surface area contributed by atoms with Crippen molar-refractivity contribution in [1.82, 2.24) is 5.32 Å². The summed E-state index contributed by atoms with van der Waals surface area (Å²) in [5.41, 5.74) is 0.928. The highest BCUT2D eigenvalue weighted by molar-refractivity contribution is 7.21. The number of hydrogen-bond acceptors (Lipinski definition) is 5. The molecule has 2 aromatic carbocycles. The van der Waals surface area contributed by atoms with Crippen molar-refractivity contribution < 1.29 is 19.1 Å². The number of fused-ring (bicyclic) bond motifs is 1. The average Bonchev–Trinajstić information content (AvgIpc) is 3.03. The van der Waals surface area contributed by atoms with Gasteiger partial charge >= 0.3 is 5.97 Å². The fourth-order valence-corrected chi connectivity index (χ4v) is 4.13. The molecule has 0 spiro atoms. The van der Waals surface area contributed by atoms with E-state index in [1.54, 1.807) is 0 Å². The van der Waals surface area contributed by atoms with E-state index >= 15 is 0 Å². The number of carbonyl (C=O) groups is 3. The maximum Gasteiger partial charge on any atom is 0.350 e. The van der Waals surface area contributed by atoms with E-state index in [-0.39, 0.29) is 10.7 Å². The summed E-state index contributed by atoms with van der Waals surface area (Å²) in [6.45, 7) is 0.929. The Hall–Kier alpha value is -2.70. The average molecular weight is 416 g/mol. The zero-order chi connectivity index (χ0) is 20.1. The molecule has 7 heteroatoms. The molecule has 1 aromatic heterocycles. The molecule has 5 nitrogen and oxygen atoms in total. The molecule has 0 aliphatic rings. The van der Waals surface area contributed by atoms with Gasteiger partial charge in [-0.05, 0) is 25.0 Å². The summed E-state index contributed by atoms with van der Waals surface area (Å²) in [6, 6.07) is 16.1. The number of thiophene rings is 1. The SMILES string of the molecule is CC(=O)[C@H](Cc1ccccc1)NC(=O)COC(=O)c1sc2ccccc2c1Cl. The van der Waals surface area contributed by atoms with Gasteiger partial charge in [0.25, 0.3) is 5.91 Å². The van der Waals surface area contributed by atoms with Crippen molar-refractivity contribution in [3.63, 3.8) is 0 Å². The normalized spacial score (nSPS) is 11.8. The van der Waals surface area contributed by atoms with Crippen LogP contribution in [0.1, 0.15) is 22.2 Å². The van der Waals surface area contributed by atoms with Crippen LogP contribution in [-0.4, -0.2) is 30.3 Å². The molecule has 0 bridgehead atoms. The van der Waals surface area contributed by atoms with E-state index in [0.29, 0.717) is 11.4 Å². The van der Waals surface area contributed by atoms with Crippen LogP contribution in [0.25, 0.3) is 10.1 Å². The molecule has 0 saturated carbocycles. The second-order valence-electron chi connectivity index (χ2n) is 6.24. The molecule has 144 valence electrons. The largest absolute Gasteiger partial charge is 0.451 e. The van der Waals surface area contributed by atoms with E-state index in [0.717, 1.165) is 15.6 Å². The van der Waals surface area contributed by atoms with Crippen molar-refractivity contribution in [2.45, 2.75) is 19.4 Å². The molecule has 0 radical (unpaired) electrons. The second-order valence-corrected chi connectivity index (χ2v) is 7.67.